The van der Waals surface area contributed by atoms with Crippen molar-refractivity contribution in [1.82, 2.24) is 14.0 Å². The largest absolute Gasteiger partial charge is 0.323 e. The van der Waals surface area contributed by atoms with E-state index in [-0.39, 0.29) is 0 Å². The molecule has 0 atom stereocenters. The molecule has 0 aliphatic rings. The quantitative estimate of drug-likeness (QED) is 0.565. The van der Waals surface area contributed by atoms with E-state index in [4.69, 9.17) is 4.74 Å². The zero-order valence-corrected chi connectivity index (χ0v) is 14.7. The fraction of sp³-hybridized carbons (Fsp3) is 0.857. The molecule has 0 bridgehead atoms. The molecule has 0 unspecified atom stereocenters. The molecule has 0 heterocycles. The number of rotatable bonds is 10. The summed E-state index contributed by atoms with van der Waals surface area (Å²) < 4.78 is 12.5. The van der Waals surface area contributed by atoms with Gasteiger partial charge in [0.05, 0.1) is 0 Å². The van der Waals surface area contributed by atoms with Crippen molar-refractivity contribution in [2.45, 2.75) is 41.5 Å². The van der Waals surface area contributed by atoms with E-state index in [1.165, 1.54) is 0 Å². The van der Waals surface area contributed by atoms with Crippen LogP contribution in [0.2, 0.25) is 0 Å². The third-order valence-electron chi connectivity index (χ3n) is 3.43. The Bertz CT molecular complexity index is 280. The van der Waals surface area contributed by atoms with E-state index in [0.29, 0.717) is 0 Å². The lowest BCUT2D eigenvalue weighted by Gasteiger charge is -2.48. The van der Waals surface area contributed by atoms with E-state index in [9.17, 15) is 0 Å². The van der Waals surface area contributed by atoms with Crippen LogP contribution in [0.25, 0.3) is 0 Å². The molecule has 0 fully saturated rings. The van der Waals surface area contributed by atoms with Crippen LogP contribution in [0.15, 0.2) is 17.5 Å². The SMILES string of the molecule is C=CN(CC)P(=NCC)(N(CC)CC)N(CC)CC. The summed E-state index contributed by atoms with van der Waals surface area (Å²) in [6, 6.07) is 0. The van der Waals surface area contributed by atoms with Crippen LogP contribution in [-0.4, -0.2) is 53.3 Å². The zero-order valence-electron chi connectivity index (χ0n) is 13.8. The molecule has 0 radical (unpaired) electrons. The molecular formula is C14H33N4P. The first-order valence-corrected chi connectivity index (χ1v) is 9.21. The van der Waals surface area contributed by atoms with Gasteiger partial charge in [-0.3, -0.25) is 4.74 Å². The van der Waals surface area contributed by atoms with Crippen molar-refractivity contribution in [3.05, 3.63) is 12.8 Å². The van der Waals surface area contributed by atoms with Crippen LogP contribution in [0.1, 0.15) is 41.5 Å². The summed E-state index contributed by atoms with van der Waals surface area (Å²) in [7, 11) is -1.82. The first-order chi connectivity index (χ1) is 9.12. The van der Waals surface area contributed by atoms with Crippen molar-refractivity contribution in [2.24, 2.45) is 4.74 Å². The Morgan fingerprint density at radius 1 is 0.842 bits per heavy atom. The average molecular weight is 288 g/mol. The van der Waals surface area contributed by atoms with Crippen LogP contribution in [0.3, 0.4) is 0 Å². The first-order valence-electron chi connectivity index (χ1n) is 7.61. The maximum Gasteiger partial charge on any atom is 0.192 e. The molecule has 0 rings (SSSR count). The molecular weight excluding hydrogens is 255 g/mol. The van der Waals surface area contributed by atoms with Crippen molar-refractivity contribution in [3.63, 3.8) is 0 Å². The van der Waals surface area contributed by atoms with Gasteiger partial charge in [-0.05, 0) is 20.0 Å². The third kappa shape index (κ3) is 3.84. The van der Waals surface area contributed by atoms with Crippen LogP contribution in [0, 0.1) is 0 Å². The van der Waals surface area contributed by atoms with Gasteiger partial charge in [0.15, 0.2) is 7.51 Å². The van der Waals surface area contributed by atoms with Gasteiger partial charge in [0.25, 0.3) is 0 Å². The van der Waals surface area contributed by atoms with Gasteiger partial charge in [0.1, 0.15) is 0 Å². The molecule has 114 valence electrons. The van der Waals surface area contributed by atoms with Gasteiger partial charge in [0.2, 0.25) is 0 Å². The Morgan fingerprint density at radius 2 is 1.26 bits per heavy atom. The summed E-state index contributed by atoms with van der Waals surface area (Å²) in [6.07, 6.45) is 1.98. The minimum Gasteiger partial charge on any atom is -0.323 e. The van der Waals surface area contributed by atoms with Gasteiger partial charge >= 0.3 is 0 Å². The summed E-state index contributed by atoms with van der Waals surface area (Å²) in [5.41, 5.74) is 0. The lowest BCUT2D eigenvalue weighted by atomic mass is 10.7. The molecule has 0 aromatic heterocycles. The van der Waals surface area contributed by atoms with Crippen molar-refractivity contribution in [3.8, 4) is 0 Å². The van der Waals surface area contributed by atoms with Crippen LogP contribution in [0.4, 0.5) is 0 Å². The molecule has 0 aromatic carbocycles. The molecule has 0 spiro atoms. The number of hydrogen-bond donors (Lipinski definition) is 0. The van der Waals surface area contributed by atoms with Crippen molar-refractivity contribution in [1.29, 1.82) is 0 Å². The summed E-state index contributed by atoms with van der Waals surface area (Å²) in [4.78, 5) is 0. The molecule has 0 aliphatic heterocycles. The van der Waals surface area contributed by atoms with Gasteiger partial charge in [0, 0.05) is 39.3 Å². The summed E-state index contributed by atoms with van der Waals surface area (Å²) in [5.74, 6) is 0. The average Bonchev–Trinajstić information content (AvgIpc) is 2.42. The first kappa shape index (κ1) is 18.7. The van der Waals surface area contributed by atoms with Crippen LogP contribution in [-0.2, 0) is 0 Å². The second kappa shape index (κ2) is 9.57. The van der Waals surface area contributed by atoms with Gasteiger partial charge in [-0.2, -0.15) is 0 Å². The number of nitrogens with zero attached hydrogens (tertiary/aromatic N) is 4. The highest BCUT2D eigenvalue weighted by molar-refractivity contribution is 7.59. The Hall–Kier alpha value is -0.310. The van der Waals surface area contributed by atoms with E-state index in [0.717, 1.165) is 39.3 Å². The second-order valence-electron chi connectivity index (χ2n) is 4.21. The molecule has 0 aromatic rings. The summed E-state index contributed by atoms with van der Waals surface area (Å²) in [6.45, 7) is 23.1. The van der Waals surface area contributed by atoms with Gasteiger partial charge < -0.3 is 4.67 Å². The van der Waals surface area contributed by atoms with Crippen LogP contribution in [0.5, 0.6) is 0 Å². The van der Waals surface area contributed by atoms with Crippen molar-refractivity contribution >= 4 is 7.51 Å². The van der Waals surface area contributed by atoms with Crippen LogP contribution >= 0.6 is 7.51 Å². The molecule has 19 heavy (non-hydrogen) atoms. The maximum absolute atomic E-state index is 5.10. The van der Waals surface area contributed by atoms with E-state index in [1.807, 2.05) is 6.20 Å². The summed E-state index contributed by atoms with van der Waals surface area (Å²) >= 11 is 0. The summed E-state index contributed by atoms with van der Waals surface area (Å²) in [5, 5.41) is 0. The predicted molar refractivity (Wildman–Crippen MR) is 88.3 cm³/mol. The van der Waals surface area contributed by atoms with E-state index in [1.54, 1.807) is 0 Å². The molecule has 0 saturated carbocycles. The van der Waals surface area contributed by atoms with Crippen molar-refractivity contribution in [2.75, 3.05) is 39.3 Å². The molecule has 0 amide bonds. The minimum atomic E-state index is -1.82. The monoisotopic (exact) mass is 288 g/mol. The Kier molecular flexibility index (Phi) is 9.42. The lowest BCUT2D eigenvalue weighted by molar-refractivity contribution is 0.366. The molecule has 0 N–H and O–H groups in total. The van der Waals surface area contributed by atoms with E-state index < -0.39 is 7.51 Å². The normalized spacial score (nSPS) is 12.0. The smallest absolute Gasteiger partial charge is 0.192 e. The molecule has 4 nitrogen and oxygen atoms in total. The number of hydrogen-bond acceptors (Lipinski definition) is 1. The Morgan fingerprint density at radius 3 is 1.47 bits per heavy atom. The Labute approximate surface area is 120 Å². The topological polar surface area (TPSA) is 22.1 Å². The highest BCUT2D eigenvalue weighted by Gasteiger charge is 2.35. The fourth-order valence-corrected chi connectivity index (χ4v) is 6.61. The highest BCUT2D eigenvalue weighted by Crippen LogP contribution is 2.59. The van der Waals surface area contributed by atoms with Gasteiger partial charge in [-0.15, -0.1) is 0 Å². The molecule has 0 aliphatic carbocycles. The molecule has 0 saturated heterocycles. The highest BCUT2D eigenvalue weighted by atomic mass is 31.2. The molecule has 5 heteroatoms. The maximum atomic E-state index is 5.10. The van der Waals surface area contributed by atoms with Crippen molar-refractivity contribution < 1.29 is 0 Å². The van der Waals surface area contributed by atoms with E-state index >= 15 is 0 Å². The van der Waals surface area contributed by atoms with Crippen LogP contribution < -0.4 is 0 Å². The lowest BCUT2D eigenvalue weighted by Crippen LogP contribution is -2.39. The second-order valence-corrected chi connectivity index (χ2v) is 7.21. The Balaban J connectivity index is 6.01. The predicted octanol–water partition coefficient (Wildman–Crippen LogP) is 4.10. The van der Waals surface area contributed by atoms with E-state index in [2.05, 4.69) is 62.1 Å². The minimum absolute atomic E-state index is 0.852. The standard InChI is InChI=1S/C14H33N4P/c1-8-15-19(16(9-2)10-3,17(11-4)12-5)18(13-6)14-7/h9H,2,8,10-14H2,1,3-7H3. The van der Waals surface area contributed by atoms with Gasteiger partial charge in [-0.1, -0.05) is 34.3 Å². The fourth-order valence-electron chi connectivity index (χ4n) is 2.59. The zero-order chi connectivity index (χ0) is 14.9. The van der Waals surface area contributed by atoms with Gasteiger partial charge in [-0.25, -0.2) is 9.34 Å². The third-order valence-corrected chi connectivity index (χ3v) is 7.88.